The molecule has 6 heteroatoms. The predicted octanol–water partition coefficient (Wildman–Crippen LogP) is 4.81. The Kier molecular flexibility index (Phi) is 5.66. The molecule has 32 heavy (non-hydrogen) atoms. The Hall–Kier alpha value is -3.18. The van der Waals surface area contributed by atoms with E-state index < -0.39 is 0 Å². The van der Waals surface area contributed by atoms with Gasteiger partial charge in [0.2, 0.25) is 5.91 Å². The molecule has 3 aromatic rings. The number of hydrogen-bond donors (Lipinski definition) is 1. The van der Waals surface area contributed by atoms with Gasteiger partial charge in [0.05, 0.1) is 24.0 Å². The van der Waals surface area contributed by atoms with Crippen molar-refractivity contribution in [2.75, 3.05) is 18.8 Å². The maximum atomic E-state index is 12.8. The molecule has 162 valence electrons. The van der Waals surface area contributed by atoms with Crippen LogP contribution in [0.25, 0.3) is 12.2 Å². The second kappa shape index (κ2) is 8.75. The van der Waals surface area contributed by atoms with Crippen LogP contribution in [0, 0.1) is 5.92 Å². The number of fused-ring (bicyclic) bond motifs is 2. The number of aromatic nitrogens is 2. The Morgan fingerprint density at radius 1 is 1.06 bits per heavy atom. The first kappa shape index (κ1) is 20.7. The molecule has 1 aliphatic carbocycles. The normalized spacial score (nSPS) is 18.0. The van der Waals surface area contributed by atoms with Gasteiger partial charge in [-0.1, -0.05) is 29.8 Å². The number of halogens is 1. The minimum Gasteiger partial charge on any atom is -0.397 e. The zero-order chi connectivity index (χ0) is 22.1. The summed E-state index contributed by atoms with van der Waals surface area (Å²) < 4.78 is 0. The van der Waals surface area contributed by atoms with Crippen LogP contribution in [0.2, 0.25) is 5.02 Å². The summed E-state index contributed by atoms with van der Waals surface area (Å²) in [5.74, 6) is 0.704. The van der Waals surface area contributed by atoms with Gasteiger partial charge in [0, 0.05) is 36.4 Å². The molecule has 0 bridgehead atoms. The van der Waals surface area contributed by atoms with E-state index in [-0.39, 0.29) is 11.8 Å². The zero-order valence-electron chi connectivity index (χ0n) is 17.7. The molecular weight excluding hydrogens is 420 g/mol. The van der Waals surface area contributed by atoms with E-state index in [1.54, 1.807) is 18.6 Å². The molecule has 1 aliphatic heterocycles. The van der Waals surface area contributed by atoms with Crippen LogP contribution in [-0.2, 0) is 11.2 Å². The zero-order valence-corrected chi connectivity index (χ0v) is 18.5. The molecule has 1 fully saturated rings. The molecule has 2 N–H and O–H groups in total. The summed E-state index contributed by atoms with van der Waals surface area (Å²) in [6.45, 7) is 1.51. The van der Waals surface area contributed by atoms with Gasteiger partial charge in [-0.25, -0.2) is 0 Å². The van der Waals surface area contributed by atoms with Crippen LogP contribution in [0.15, 0.2) is 55.0 Å². The van der Waals surface area contributed by atoms with Crippen LogP contribution in [0.5, 0.6) is 0 Å². The number of carbonyl (C=O) groups is 1. The van der Waals surface area contributed by atoms with Crippen LogP contribution in [0.1, 0.15) is 46.7 Å². The van der Waals surface area contributed by atoms with E-state index in [0.29, 0.717) is 18.0 Å². The Bertz CT molecular complexity index is 1110. The Morgan fingerprint density at radius 2 is 1.81 bits per heavy atom. The predicted molar refractivity (Wildman–Crippen MR) is 128 cm³/mol. The summed E-state index contributed by atoms with van der Waals surface area (Å²) in [5, 5.41) is 0.724. The van der Waals surface area contributed by atoms with Crippen molar-refractivity contribution in [3.8, 4) is 0 Å². The van der Waals surface area contributed by atoms with Gasteiger partial charge in [-0.15, -0.1) is 0 Å². The number of anilines is 1. The highest BCUT2D eigenvalue weighted by Crippen LogP contribution is 2.43. The quantitative estimate of drug-likeness (QED) is 0.629. The fraction of sp³-hybridized carbons (Fsp3) is 0.269. The number of rotatable bonds is 3. The van der Waals surface area contributed by atoms with E-state index in [0.717, 1.165) is 53.3 Å². The average molecular weight is 445 g/mol. The second-order valence-corrected chi connectivity index (χ2v) is 9.01. The largest absolute Gasteiger partial charge is 0.397 e. The number of nitrogen functional groups attached to an aromatic ring is 1. The summed E-state index contributed by atoms with van der Waals surface area (Å²) >= 11 is 6.30. The van der Waals surface area contributed by atoms with Crippen LogP contribution < -0.4 is 5.73 Å². The van der Waals surface area contributed by atoms with Crippen molar-refractivity contribution in [2.24, 2.45) is 5.92 Å². The lowest BCUT2D eigenvalue weighted by atomic mass is 9.76. The average Bonchev–Trinajstić information content (AvgIpc) is 2.96. The number of carbonyl (C=O) groups excluding carboxylic acids is 1. The molecular formula is C26H25ClN4O. The molecule has 5 rings (SSSR count). The van der Waals surface area contributed by atoms with E-state index in [1.165, 1.54) is 5.56 Å². The first-order valence-electron chi connectivity index (χ1n) is 11.0. The highest BCUT2D eigenvalue weighted by atomic mass is 35.5. The Labute approximate surface area is 192 Å². The molecule has 0 radical (unpaired) electrons. The van der Waals surface area contributed by atoms with Crippen LogP contribution >= 0.6 is 11.6 Å². The van der Waals surface area contributed by atoms with E-state index in [2.05, 4.69) is 23.2 Å². The molecule has 2 aromatic heterocycles. The molecule has 1 unspecified atom stereocenters. The standard InChI is InChI=1S/C26H25ClN4O/c27-21-3-4-23-19(14-21)1-2-20-15-22(28)16-30-26(20)25(23)18-7-11-31(12-8-18)24(32)13-17-5-9-29-10-6-17/h1-6,9-10,14-16,18,25H,7-8,11-13,28H2. The Morgan fingerprint density at radius 3 is 2.59 bits per heavy atom. The fourth-order valence-corrected chi connectivity index (χ4v) is 5.13. The number of hydrogen-bond acceptors (Lipinski definition) is 4. The van der Waals surface area contributed by atoms with Gasteiger partial charge >= 0.3 is 0 Å². The van der Waals surface area contributed by atoms with Crippen molar-refractivity contribution < 1.29 is 4.79 Å². The first-order chi connectivity index (χ1) is 15.6. The lowest BCUT2D eigenvalue weighted by Gasteiger charge is -2.37. The summed E-state index contributed by atoms with van der Waals surface area (Å²) in [6.07, 6.45) is 11.7. The summed E-state index contributed by atoms with van der Waals surface area (Å²) in [5.41, 5.74) is 12.2. The minimum absolute atomic E-state index is 0.144. The highest BCUT2D eigenvalue weighted by Gasteiger charge is 2.34. The van der Waals surface area contributed by atoms with Gasteiger partial charge in [0.1, 0.15) is 0 Å². The van der Waals surface area contributed by atoms with E-state index in [9.17, 15) is 4.79 Å². The maximum Gasteiger partial charge on any atom is 0.226 e. The van der Waals surface area contributed by atoms with E-state index >= 15 is 0 Å². The molecule has 2 aliphatic rings. The fourth-order valence-electron chi connectivity index (χ4n) is 4.95. The monoisotopic (exact) mass is 444 g/mol. The second-order valence-electron chi connectivity index (χ2n) is 8.58. The summed E-state index contributed by atoms with van der Waals surface area (Å²) in [6, 6.07) is 11.9. The van der Waals surface area contributed by atoms with Gasteiger partial charge in [-0.2, -0.15) is 0 Å². The van der Waals surface area contributed by atoms with Crippen molar-refractivity contribution in [1.82, 2.24) is 14.9 Å². The number of amides is 1. The van der Waals surface area contributed by atoms with Crippen LogP contribution in [-0.4, -0.2) is 33.9 Å². The summed E-state index contributed by atoms with van der Waals surface area (Å²) in [4.78, 5) is 23.6. The maximum absolute atomic E-state index is 12.8. The number of nitrogens with zero attached hydrogens (tertiary/aromatic N) is 3. The van der Waals surface area contributed by atoms with Crippen molar-refractivity contribution >= 4 is 35.3 Å². The molecule has 1 saturated heterocycles. The number of piperidine rings is 1. The smallest absolute Gasteiger partial charge is 0.226 e. The van der Waals surface area contributed by atoms with Crippen LogP contribution in [0.4, 0.5) is 5.69 Å². The first-order valence-corrected chi connectivity index (χ1v) is 11.4. The van der Waals surface area contributed by atoms with Gasteiger partial charge in [-0.05, 0) is 71.3 Å². The van der Waals surface area contributed by atoms with E-state index in [1.807, 2.05) is 35.2 Å². The number of benzene rings is 1. The van der Waals surface area contributed by atoms with Crippen LogP contribution in [0.3, 0.4) is 0 Å². The highest BCUT2D eigenvalue weighted by molar-refractivity contribution is 6.30. The van der Waals surface area contributed by atoms with E-state index in [4.69, 9.17) is 22.3 Å². The lowest BCUT2D eigenvalue weighted by Crippen LogP contribution is -2.40. The van der Waals surface area contributed by atoms with Crippen molar-refractivity contribution in [1.29, 1.82) is 0 Å². The van der Waals surface area contributed by atoms with Gasteiger partial charge in [0.25, 0.3) is 0 Å². The number of likely N-dealkylation sites (tertiary alicyclic amines) is 1. The Balaban J connectivity index is 1.39. The third-order valence-electron chi connectivity index (χ3n) is 6.56. The molecule has 0 spiro atoms. The third-order valence-corrected chi connectivity index (χ3v) is 6.80. The molecule has 5 nitrogen and oxygen atoms in total. The molecule has 3 heterocycles. The topological polar surface area (TPSA) is 72.1 Å². The van der Waals surface area contributed by atoms with Crippen molar-refractivity contribution in [3.63, 3.8) is 0 Å². The van der Waals surface area contributed by atoms with Crippen molar-refractivity contribution in [2.45, 2.75) is 25.2 Å². The minimum atomic E-state index is 0.144. The van der Waals surface area contributed by atoms with Crippen molar-refractivity contribution in [3.05, 3.63) is 88.0 Å². The SMILES string of the molecule is Nc1cnc2c(c1)C=Cc1cc(Cl)ccc1C2C1CCN(C(=O)Cc2ccncc2)CC1. The summed E-state index contributed by atoms with van der Waals surface area (Å²) in [7, 11) is 0. The van der Waals surface area contributed by atoms with Gasteiger partial charge < -0.3 is 10.6 Å². The van der Waals surface area contributed by atoms with Gasteiger partial charge in [-0.3, -0.25) is 14.8 Å². The molecule has 1 aromatic carbocycles. The third kappa shape index (κ3) is 4.13. The molecule has 0 saturated carbocycles. The number of pyridine rings is 2. The molecule has 1 atom stereocenters. The lowest BCUT2D eigenvalue weighted by molar-refractivity contribution is -0.131. The van der Waals surface area contributed by atoms with Gasteiger partial charge in [0.15, 0.2) is 0 Å². The molecule has 1 amide bonds. The number of nitrogens with two attached hydrogens (primary N) is 1.